The zero-order valence-corrected chi connectivity index (χ0v) is 14.6. The fourth-order valence-electron chi connectivity index (χ4n) is 2.01. The average Bonchev–Trinajstić information content (AvgIpc) is 2.58. The first kappa shape index (κ1) is 18.9. The first-order valence-corrected chi connectivity index (χ1v) is 7.89. The van der Waals surface area contributed by atoms with Crippen molar-refractivity contribution in [1.29, 1.82) is 0 Å². The summed E-state index contributed by atoms with van der Waals surface area (Å²) in [7, 11) is 3.58. The summed E-state index contributed by atoms with van der Waals surface area (Å²) in [6, 6.07) is 8.60. The number of phenolic OH excluding ortho intramolecular Hbond substituents is 4. The second kappa shape index (κ2) is 8.61. The average molecular weight is 358 g/mol. The van der Waals surface area contributed by atoms with Crippen molar-refractivity contribution < 1.29 is 20.4 Å². The highest BCUT2D eigenvalue weighted by atomic mass is 16.3. The van der Waals surface area contributed by atoms with Gasteiger partial charge in [-0.05, 0) is 24.3 Å². The lowest BCUT2D eigenvalue weighted by Gasteiger charge is -2.17. The Balaban J connectivity index is 1.85. The molecule has 8 heteroatoms. The third-order valence-electron chi connectivity index (χ3n) is 3.56. The molecule has 2 aromatic rings. The van der Waals surface area contributed by atoms with Gasteiger partial charge < -0.3 is 20.4 Å². The molecule has 0 spiro atoms. The molecule has 26 heavy (non-hydrogen) atoms. The van der Waals surface area contributed by atoms with Gasteiger partial charge in [0.1, 0.15) is 23.0 Å². The van der Waals surface area contributed by atoms with E-state index in [1.807, 2.05) is 0 Å². The molecular weight excluding hydrogens is 336 g/mol. The van der Waals surface area contributed by atoms with Crippen molar-refractivity contribution in [1.82, 2.24) is 10.0 Å². The molecule has 0 radical (unpaired) electrons. The van der Waals surface area contributed by atoms with Gasteiger partial charge in [-0.2, -0.15) is 10.2 Å². The third-order valence-corrected chi connectivity index (χ3v) is 3.56. The van der Waals surface area contributed by atoms with Crippen LogP contribution in [0.5, 0.6) is 23.0 Å². The van der Waals surface area contributed by atoms with Crippen LogP contribution < -0.4 is 0 Å². The predicted molar refractivity (Wildman–Crippen MR) is 100.0 cm³/mol. The Morgan fingerprint density at radius 1 is 0.731 bits per heavy atom. The first-order chi connectivity index (χ1) is 12.3. The molecule has 0 bridgehead atoms. The topological polar surface area (TPSA) is 112 Å². The molecule has 0 aromatic heterocycles. The molecule has 0 aliphatic carbocycles. The molecule has 0 unspecified atom stereocenters. The quantitative estimate of drug-likeness (QED) is 0.443. The molecule has 0 saturated heterocycles. The summed E-state index contributed by atoms with van der Waals surface area (Å²) >= 11 is 0. The SMILES string of the molecule is CN(CCN(C)/N=C/c1ccc(O)cc1O)/N=C/c1ccc(O)cc1O. The van der Waals surface area contributed by atoms with Crippen LogP contribution >= 0.6 is 0 Å². The maximum atomic E-state index is 9.71. The van der Waals surface area contributed by atoms with E-state index in [1.165, 1.54) is 36.7 Å². The van der Waals surface area contributed by atoms with E-state index in [0.29, 0.717) is 24.2 Å². The molecule has 4 N–H and O–H groups in total. The molecule has 0 atom stereocenters. The molecule has 2 aromatic carbocycles. The second-order valence-electron chi connectivity index (χ2n) is 5.74. The molecule has 2 rings (SSSR count). The van der Waals surface area contributed by atoms with E-state index >= 15 is 0 Å². The van der Waals surface area contributed by atoms with Crippen LogP contribution in [0.15, 0.2) is 46.6 Å². The van der Waals surface area contributed by atoms with Gasteiger partial charge in [0, 0.05) is 37.4 Å². The van der Waals surface area contributed by atoms with Crippen LogP contribution in [0.1, 0.15) is 11.1 Å². The lowest BCUT2D eigenvalue weighted by atomic mass is 10.2. The summed E-state index contributed by atoms with van der Waals surface area (Å²) in [5.74, 6) is -0.102. The molecule has 0 heterocycles. The number of phenols is 4. The molecule has 8 nitrogen and oxygen atoms in total. The number of hydrogen-bond acceptors (Lipinski definition) is 8. The zero-order valence-electron chi connectivity index (χ0n) is 14.6. The maximum absolute atomic E-state index is 9.71. The van der Waals surface area contributed by atoms with E-state index in [4.69, 9.17) is 0 Å². The Morgan fingerprint density at radius 3 is 1.46 bits per heavy atom. The number of hydrazone groups is 2. The van der Waals surface area contributed by atoms with Gasteiger partial charge in [-0.15, -0.1) is 0 Å². The van der Waals surface area contributed by atoms with Crippen molar-refractivity contribution >= 4 is 12.4 Å². The number of hydrogen-bond donors (Lipinski definition) is 4. The molecule has 0 aliphatic rings. The standard InChI is InChI=1S/C18H22N4O4/c1-21(19-11-13-3-5-15(23)9-17(13)25)7-8-22(2)20-12-14-4-6-16(24)10-18(14)26/h3-6,9-12,23-26H,7-8H2,1-2H3/b19-11+,20-12+. The normalized spacial score (nSPS) is 11.3. The Morgan fingerprint density at radius 2 is 1.12 bits per heavy atom. The summed E-state index contributed by atoms with van der Waals surface area (Å²) < 4.78 is 0. The molecular formula is C18H22N4O4. The minimum absolute atomic E-state index is 0.00726. The van der Waals surface area contributed by atoms with Gasteiger partial charge in [0.15, 0.2) is 0 Å². The highest BCUT2D eigenvalue weighted by Gasteiger charge is 2.02. The van der Waals surface area contributed by atoms with Crippen LogP contribution in [-0.2, 0) is 0 Å². The van der Waals surface area contributed by atoms with E-state index in [-0.39, 0.29) is 23.0 Å². The Labute approximate surface area is 151 Å². The van der Waals surface area contributed by atoms with E-state index < -0.39 is 0 Å². The molecule has 0 fully saturated rings. The van der Waals surface area contributed by atoms with Crippen LogP contribution in [0, 0.1) is 0 Å². The van der Waals surface area contributed by atoms with Crippen LogP contribution in [0.2, 0.25) is 0 Å². The summed E-state index contributed by atoms with van der Waals surface area (Å²) in [5, 5.41) is 49.8. The predicted octanol–water partition coefficient (Wildman–Crippen LogP) is 1.74. The van der Waals surface area contributed by atoms with E-state index in [2.05, 4.69) is 10.2 Å². The van der Waals surface area contributed by atoms with Gasteiger partial charge in [0.2, 0.25) is 0 Å². The highest BCUT2D eigenvalue weighted by molar-refractivity contribution is 5.84. The minimum atomic E-state index is -0.0439. The zero-order chi connectivity index (χ0) is 19.1. The van der Waals surface area contributed by atoms with E-state index in [9.17, 15) is 20.4 Å². The van der Waals surface area contributed by atoms with E-state index in [1.54, 1.807) is 36.2 Å². The van der Waals surface area contributed by atoms with Gasteiger partial charge in [-0.3, -0.25) is 10.0 Å². The van der Waals surface area contributed by atoms with Crippen molar-refractivity contribution in [2.45, 2.75) is 0 Å². The van der Waals surface area contributed by atoms with Gasteiger partial charge in [-0.25, -0.2) is 0 Å². The van der Waals surface area contributed by atoms with Crippen LogP contribution in [0.25, 0.3) is 0 Å². The Kier molecular flexibility index (Phi) is 6.26. The molecule has 0 amide bonds. The van der Waals surface area contributed by atoms with Crippen molar-refractivity contribution in [2.24, 2.45) is 10.2 Å². The third kappa shape index (κ3) is 5.59. The van der Waals surface area contributed by atoms with Crippen LogP contribution in [0.4, 0.5) is 0 Å². The molecule has 0 saturated carbocycles. The monoisotopic (exact) mass is 358 g/mol. The number of rotatable bonds is 7. The first-order valence-electron chi connectivity index (χ1n) is 7.89. The van der Waals surface area contributed by atoms with Crippen molar-refractivity contribution in [3.8, 4) is 23.0 Å². The largest absolute Gasteiger partial charge is 0.508 e. The summed E-state index contributed by atoms with van der Waals surface area (Å²) in [4.78, 5) is 0. The minimum Gasteiger partial charge on any atom is -0.508 e. The number of aromatic hydroxyl groups is 4. The van der Waals surface area contributed by atoms with Crippen LogP contribution in [0.3, 0.4) is 0 Å². The van der Waals surface area contributed by atoms with E-state index in [0.717, 1.165) is 0 Å². The summed E-state index contributed by atoms with van der Waals surface area (Å²) in [6.07, 6.45) is 3.01. The molecule has 138 valence electrons. The lowest BCUT2D eigenvalue weighted by molar-refractivity contribution is 0.272. The maximum Gasteiger partial charge on any atom is 0.128 e. The fraction of sp³-hybridized carbons (Fsp3) is 0.222. The van der Waals surface area contributed by atoms with Gasteiger partial charge >= 0.3 is 0 Å². The number of benzene rings is 2. The highest BCUT2D eigenvalue weighted by Crippen LogP contribution is 2.21. The van der Waals surface area contributed by atoms with Crippen molar-refractivity contribution in [3.05, 3.63) is 47.5 Å². The second-order valence-corrected chi connectivity index (χ2v) is 5.74. The van der Waals surface area contributed by atoms with Gasteiger partial charge in [0.05, 0.1) is 25.5 Å². The van der Waals surface area contributed by atoms with Crippen LogP contribution in [-0.4, -0.2) is 70.1 Å². The number of nitrogens with zero attached hydrogens (tertiary/aromatic N) is 4. The summed E-state index contributed by atoms with van der Waals surface area (Å²) in [5.41, 5.74) is 1.01. The smallest absolute Gasteiger partial charge is 0.128 e. The Hall–Kier alpha value is -3.42. The van der Waals surface area contributed by atoms with Crippen molar-refractivity contribution in [2.75, 3.05) is 27.2 Å². The molecule has 0 aliphatic heterocycles. The fourth-order valence-corrected chi connectivity index (χ4v) is 2.01. The lowest BCUT2D eigenvalue weighted by Crippen LogP contribution is -2.25. The van der Waals surface area contributed by atoms with Gasteiger partial charge in [0.25, 0.3) is 0 Å². The Bertz CT molecular complexity index is 740. The van der Waals surface area contributed by atoms with Crippen molar-refractivity contribution in [3.63, 3.8) is 0 Å². The van der Waals surface area contributed by atoms with Gasteiger partial charge in [-0.1, -0.05) is 0 Å². The summed E-state index contributed by atoms with van der Waals surface area (Å²) in [6.45, 7) is 1.15. The number of likely N-dealkylation sites (N-methyl/N-ethyl adjacent to an activating group) is 2.